The van der Waals surface area contributed by atoms with E-state index < -0.39 is 195 Å². The van der Waals surface area contributed by atoms with E-state index in [9.17, 15) is 110 Å². The molecule has 0 unspecified atom stereocenters. The van der Waals surface area contributed by atoms with Gasteiger partial charge in [-0.2, -0.15) is 132 Å². The standard InChI is InChI=1S/C32H12BF24.C23H17N4O/c34-25(35,36)13-1-14(26(37,38)39)6-21(5-13)33(22-7-15(27(40,41)42)2-16(8-22)28(43,44)45,23-9-17(29(46,47)48)3-18(10-23)30(49,50)51)24-11-19(31(52,53)54)4-20(12-24)32(55,56)57;24-26-25-20-11-6-10-19(15-20)23-21-12-5-4-7-17(21)13-14-27(23)16-22(28)18-8-2-1-3-9-18/h1-12H;1-15H,16H2/q-1;+1. The number of hydrogen-bond donors (Lipinski definition) is 0. The van der Waals surface area contributed by atoms with Crippen LogP contribution in [0.15, 0.2) is 169 Å². The summed E-state index contributed by atoms with van der Waals surface area (Å²) in [6.07, 6.45) is -52.9. The first-order chi connectivity index (χ1) is 39.0. The van der Waals surface area contributed by atoms with Crippen LogP contribution in [0.5, 0.6) is 0 Å². The molecule has 0 amide bonds. The maximum atomic E-state index is 14.2. The highest BCUT2D eigenvalue weighted by atomic mass is 19.4. The Labute approximate surface area is 460 Å². The lowest BCUT2D eigenvalue weighted by molar-refractivity contribution is -0.671. The molecule has 85 heavy (non-hydrogen) atoms. The molecule has 30 heteroatoms. The van der Waals surface area contributed by atoms with Crippen molar-refractivity contribution in [1.82, 2.24) is 0 Å². The van der Waals surface area contributed by atoms with Crippen LogP contribution in [-0.2, 0) is 56.0 Å². The van der Waals surface area contributed by atoms with Crippen LogP contribution >= 0.6 is 0 Å². The molecule has 0 bridgehead atoms. The summed E-state index contributed by atoms with van der Waals surface area (Å²) in [6, 6.07) is 17.9. The number of pyridine rings is 1. The van der Waals surface area contributed by atoms with Gasteiger partial charge in [-0.15, -0.1) is 0 Å². The molecule has 5 nitrogen and oxygen atoms in total. The Bertz CT molecular complexity index is 3410. The molecule has 0 radical (unpaired) electrons. The first kappa shape index (κ1) is 63.9. The van der Waals surface area contributed by atoms with Crippen molar-refractivity contribution in [2.24, 2.45) is 5.11 Å². The van der Waals surface area contributed by atoms with E-state index in [0.717, 1.165) is 22.0 Å². The number of carbonyl (C=O) groups is 1. The van der Waals surface area contributed by atoms with E-state index in [0.29, 0.717) is 11.3 Å². The molecule has 0 aliphatic rings. The number of rotatable bonds is 9. The van der Waals surface area contributed by atoms with Crippen molar-refractivity contribution in [2.75, 3.05) is 0 Å². The van der Waals surface area contributed by atoms with Gasteiger partial charge in [0.15, 0.2) is 6.20 Å². The van der Waals surface area contributed by atoms with Crippen LogP contribution in [0.4, 0.5) is 111 Å². The van der Waals surface area contributed by atoms with E-state index in [2.05, 4.69) is 10.0 Å². The second-order valence-electron chi connectivity index (χ2n) is 18.6. The smallest absolute Gasteiger partial charge is 0.287 e. The van der Waals surface area contributed by atoms with Crippen LogP contribution in [0.2, 0.25) is 0 Å². The summed E-state index contributed by atoms with van der Waals surface area (Å²) in [6.45, 7) is 0.218. The third-order valence-corrected chi connectivity index (χ3v) is 13.1. The van der Waals surface area contributed by atoms with Gasteiger partial charge in [-0.1, -0.05) is 114 Å². The number of azide groups is 1. The van der Waals surface area contributed by atoms with Gasteiger partial charge in [0.1, 0.15) is 6.15 Å². The highest BCUT2D eigenvalue weighted by Crippen LogP contribution is 2.42. The number of fused-ring (bicyclic) bond motifs is 1. The van der Waals surface area contributed by atoms with E-state index in [1.807, 2.05) is 89.6 Å². The number of benzene rings is 7. The summed E-state index contributed by atoms with van der Waals surface area (Å²) in [5.74, 6) is 0.0355. The fourth-order valence-corrected chi connectivity index (χ4v) is 9.42. The van der Waals surface area contributed by atoms with Gasteiger partial charge in [0.05, 0.1) is 49.9 Å². The largest absolute Gasteiger partial charge is 0.416 e. The molecule has 0 fully saturated rings. The number of aromatic nitrogens is 1. The van der Waals surface area contributed by atoms with Gasteiger partial charge >= 0.3 is 49.4 Å². The molecule has 8 aromatic rings. The molecule has 0 saturated carbocycles. The number of nitrogens with zero attached hydrogens (tertiary/aromatic N) is 4. The molecule has 7 aromatic carbocycles. The number of hydrogen-bond acceptors (Lipinski definition) is 2. The summed E-state index contributed by atoms with van der Waals surface area (Å²) in [4.78, 5) is 15.7. The fourth-order valence-electron chi connectivity index (χ4n) is 9.42. The van der Waals surface area contributed by atoms with E-state index in [-0.39, 0.29) is 12.3 Å². The number of alkyl halides is 24. The molecule has 0 spiro atoms. The van der Waals surface area contributed by atoms with Crippen LogP contribution in [-0.4, -0.2) is 11.9 Å². The maximum absolute atomic E-state index is 14.2. The average molecular weight is 1230 g/mol. The van der Waals surface area contributed by atoms with Gasteiger partial charge in [-0.3, -0.25) is 4.79 Å². The van der Waals surface area contributed by atoms with Crippen molar-refractivity contribution in [3.63, 3.8) is 0 Å². The lowest BCUT2D eigenvalue weighted by atomic mass is 9.12. The Morgan fingerprint density at radius 1 is 0.400 bits per heavy atom. The van der Waals surface area contributed by atoms with Crippen LogP contribution < -0.4 is 26.4 Å². The Hall–Kier alpha value is -8.69. The molecule has 0 atom stereocenters. The van der Waals surface area contributed by atoms with Crippen molar-refractivity contribution in [2.45, 2.75) is 56.0 Å². The summed E-state index contributed by atoms with van der Waals surface area (Å²) in [5.41, 5.74) is -18.4. The molecular formula is C55H29BF24N4O. The maximum Gasteiger partial charge on any atom is 0.416 e. The predicted octanol–water partition coefficient (Wildman–Crippen LogP) is 16.8. The lowest BCUT2D eigenvalue weighted by Gasteiger charge is -2.46. The highest BCUT2D eigenvalue weighted by molar-refractivity contribution is 7.20. The fraction of sp³-hybridized carbons (Fsp3) is 0.164. The minimum absolute atomic E-state index is 0.0355. The number of carbonyl (C=O) groups excluding carboxylic acids is 1. The van der Waals surface area contributed by atoms with E-state index >= 15 is 0 Å². The zero-order valence-corrected chi connectivity index (χ0v) is 41.6. The van der Waals surface area contributed by atoms with Crippen molar-refractivity contribution in [3.8, 4) is 11.3 Å². The first-order valence-electron chi connectivity index (χ1n) is 23.5. The monoisotopic (exact) mass is 1230 g/mol. The summed E-state index contributed by atoms with van der Waals surface area (Å²) in [7, 11) is 0. The number of ketones is 1. The molecule has 8 rings (SSSR count). The zero-order chi connectivity index (χ0) is 63.3. The molecule has 446 valence electrons. The minimum atomic E-state index is -6.13. The Balaban J connectivity index is 0.000000306. The van der Waals surface area contributed by atoms with Gasteiger partial charge in [-0.05, 0) is 53.4 Å². The minimum Gasteiger partial charge on any atom is -0.287 e. The second-order valence-corrected chi connectivity index (χ2v) is 18.6. The Kier molecular flexibility index (Phi) is 17.1. The van der Waals surface area contributed by atoms with Crippen LogP contribution in [0.3, 0.4) is 0 Å². The third kappa shape index (κ3) is 14.3. The lowest BCUT2D eigenvalue weighted by Crippen LogP contribution is -2.75. The average Bonchev–Trinajstić information content (AvgIpc) is 0.784. The second kappa shape index (κ2) is 22.7. The first-order valence-corrected chi connectivity index (χ1v) is 23.5. The summed E-state index contributed by atoms with van der Waals surface area (Å²) >= 11 is 0. The van der Waals surface area contributed by atoms with Gasteiger partial charge in [0.2, 0.25) is 18.0 Å². The van der Waals surface area contributed by atoms with Crippen LogP contribution in [0.25, 0.3) is 32.5 Å². The van der Waals surface area contributed by atoms with E-state index in [4.69, 9.17) is 5.53 Å². The van der Waals surface area contributed by atoms with E-state index in [1.54, 1.807) is 6.07 Å². The molecule has 0 aliphatic heterocycles. The zero-order valence-electron chi connectivity index (χ0n) is 41.6. The van der Waals surface area contributed by atoms with Gasteiger partial charge < -0.3 is 0 Å². The highest BCUT2D eigenvalue weighted by Gasteiger charge is 2.47. The van der Waals surface area contributed by atoms with Gasteiger partial charge in [-0.25, -0.2) is 0 Å². The summed E-state index contributed by atoms with van der Waals surface area (Å²) < 4.78 is 343. The Morgan fingerprint density at radius 2 is 0.729 bits per heavy atom. The molecule has 1 aromatic heterocycles. The van der Waals surface area contributed by atoms with Crippen molar-refractivity contribution < 1.29 is 115 Å². The van der Waals surface area contributed by atoms with Gasteiger partial charge in [0, 0.05) is 27.8 Å². The third-order valence-electron chi connectivity index (χ3n) is 13.1. The van der Waals surface area contributed by atoms with E-state index in [1.165, 1.54) is 0 Å². The molecule has 0 saturated heterocycles. The quantitative estimate of drug-likeness (QED) is 0.0270. The molecule has 1 heterocycles. The topological polar surface area (TPSA) is 69.7 Å². The molecule has 0 N–H and O–H groups in total. The molecule has 0 aliphatic carbocycles. The normalized spacial score (nSPS) is 13.0. The Morgan fingerprint density at radius 3 is 1.06 bits per heavy atom. The number of halogens is 24. The van der Waals surface area contributed by atoms with Crippen molar-refractivity contribution in [3.05, 3.63) is 224 Å². The predicted molar refractivity (Wildman–Crippen MR) is 259 cm³/mol. The van der Waals surface area contributed by atoms with Crippen LogP contribution in [0, 0.1) is 0 Å². The molecular weight excluding hydrogens is 1200 g/mol. The van der Waals surface area contributed by atoms with Crippen molar-refractivity contribution in [1.29, 1.82) is 0 Å². The number of Topliss-reactive ketones (excluding diaryl/α,β-unsaturated/α-hetero) is 1. The summed E-state index contributed by atoms with van der Waals surface area (Å²) in [5, 5.41) is 5.83. The van der Waals surface area contributed by atoms with Crippen molar-refractivity contribution >= 4 is 50.2 Å². The SMILES string of the molecule is FC(F)(F)c1cc([B-](c2cc(C(F)(F)F)cc(C(F)(F)F)c2)(c2cc(C(F)(F)F)cc(C(F)(F)F)c2)c2cc(C(F)(F)F)cc(C(F)(F)F)c2)cc(C(F)(F)F)c1.[N-]=[N+]=Nc1cccc(-c2c3ccccc3cc[n+]2CC(=O)c2ccccc2)c1. The van der Waals surface area contributed by atoms with Crippen LogP contribution in [0.1, 0.15) is 54.9 Å². The van der Waals surface area contributed by atoms with Gasteiger partial charge in [0.25, 0.3) is 0 Å².